The van der Waals surface area contributed by atoms with E-state index in [1.807, 2.05) is 0 Å². The highest BCUT2D eigenvalue weighted by Gasteiger charge is 2.48. The smallest absolute Gasteiger partial charge is 0.270 e. The van der Waals surface area contributed by atoms with Gasteiger partial charge in [-0.3, -0.25) is 0 Å². The number of ether oxygens (including phenoxy) is 5. The molecule has 5 rings (SSSR count). The molecule has 1 unspecified atom stereocenters. The van der Waals surface area contributed by atoms with Crippen LogP contribution in [-0.2, 0) is 14.2 Å². The molecule has 0 spiro atoms. The first-order chi connectivity index (χ1) is 20.4. The van der Waals surface area contributed by atoms with Gasteiger partial charge in [0.15, 0.2) is 17.3 Å². The molecule has 0 amide bonds. The molecule has 16 nitrogen and oxygen atoms in total. The van der Waals surface area contributed by atoms with Crippen LogP contribution in [0.25, 0.3) is 6.08 Å². The zero-order valence-electron chi connectivity index (χ0n) is 22.2. The van der Waals surface area contributed by atoms with Gasteiger partial charge in [-0.2, -0.15) is 0 Å². The van der Waals surface area contributed by atoms with E-state index in [4.69, 9.17) is 18.9 Å². The summed E-state index contributed by atoms with van der Waals surface area (Å²) < 4.78 is 27.1. The Morgan fingerprint density at radius 2 is 1.26 bits per heavy atom. The minimum atomic E-state index is -1.79. The van der Waals surface area contributed by atoms with E-state index in [0.717, 1.165) is 6.07 Å². The number of benzene rings is 2. The third kappa shape index (κ3) is 5.89. The van der Waals surface area contributed by atoms with Crippen LogP contribution in [0.3, 0.4) is 0 Å². The number of hydrogen-bond donors (Lipinski definition) is 11. The van der Waals surface area contributed by atoms with Crippen LogP contribution >= 0.6 is 0 Å². The van der Waals surface area contributed by atoms with Crippen molar-refractivity contribution >= 4 is 6.08 Å². The van der Waals surface area contributed by atoms with Crippen molar-refractivity contribution in [3.05, 3.63) is 47.2 Å². The van der Waals surface area contributed by atoms with Gasteiger partial charge >= 0.3 is 0 Å². The molecular weight excluding hydrogens is 580 g/mol. The summed E-state index contributed by atoms with van der Waals surface area (Å²) in [5.41, 5.74) is 0.380. The third-order valence-electron chi connectivity index (χ3n) is 7.44. The number of fused-ring (bicyclic) bond motifs is 1. The summed E-state index contributed by atoms with van der Waals surface area (Å²) >= 11 is 0. The molecule has 2 aromatic rings. The Bertz CT molecular complexity index is 1330. The first-order valence-corrected chi connectivity index (χ1v) is 13.2. The molecule has 3 aliphatic heterocycles. The zero-order chi connectivity index (χ0) is 31.2. The number of aliphatic hydroxyl groups excluding tert-OH is 8. The summed E-state index contributed by atoms with van der Waals surface area (Å²) in [5.74, 6) is -1.42. The van der Waals surface area contributed by atoms with Crippen LogP contribution in [0.15, 0.2) is 36.1 Å². The molecule has 0 aromatic heterocycles. The highest BCUT2D eigenvalue weighted by molar-refractivity contribution is 5.70. The molecule has 236 valence electrons. The lowest BCUT2D eigenvalue weighted by Gasteiger charge is -2.40. The van der Waals surface area contributed by atoms with Gasteiger partial charge in [0.25, 0.3) is 11.9 Å². The predicted molar refractivity (Wildman–Crippen MR) is 140 cm³/mol. The second-order valence-corrected chi connectivity index (χ2v) is 10.3. The summed E-state index contributed by atoms with van der Waals surface area (Å²) in [6.07, 6.45) is -16.0. The summed E-state index contributed by atoms with van der Waals surface area (Å²) in [4.78, 5) is 0. The highest BCUT2D eigenvalue weighted by Crippen LogP contribution is 2.47. The van der Waals surface area contributed by atoms with Gasteiger partial charge in [0, 0.05) is 12.1 Å². The number of hydrogen-bond acceptors (Lipinski definition) is 15. The van der Waals surface area contributed by atoms with Crippen molar-refractivity contribution in [3.8, 4) is 28.7 Å². The molecule has 11 atom stereocenters. The fourth-order valence-corrected chi connectivity index (χ4v) is 5.01. The minimum absolute atomic E-state index is 0.0914. The first-order valence-electron chi connectivity index (χ1n) is 13.2. The molecular formula is C27H33O16+. The molecule has 3 heterocycles. The first kappa shape index (κ1) is 31.0. The lowest BCUT2D eigenvalue weighted by molar-refractivity contribution is -0.295. The lowest BCUT2D eigenvalue weighted by Crippen LogP contribution is -2.60. The number of phenols is 3. The van der Waals surface area contributed by atoms with Crippen LogP contribution in [0, 0.1) is 0 Å². The molecule has 2 aromatic carbocycles. The van der Waals surface area contributed by atoms with E-state index < -0.39 is 92.2 Å². The van der Waals surface area contributed by atoms with Crippen molar-refractivity contribution in [1.29, 1.82) is 0 Å². The molecule has 0 bridgehead atoms. The third-order valence-corrected chi connectivity index (χ3v) is 7.44. The van der Waals surface area contributed by atoms with E-state index in [1.165, 1.54) is 30.3 Å². The van der Waals surface area contributed by atoms with Crippen LogP contribution in [0.2, 0.25) is 0 Å². The van der Waals surface area contributed by atoms with E-state index in [0.29, 0.717) is 0 Å². The van der Waals surface area contributed by atoms with E-state index >= 15 is 0 Å². The van der Waals surface area contributed by atoms with Crippen molar-refractivity contribution in [2.24, 2.45) is 0 Å². The summed E-state index contributed by atoms with van der Waals surface area (Å²) in [7, 11) is 0. The van der Waals surface area contributed by atoms with Gasteiger partial charge in [0.05, 0.1) is 24.8 Å². The Hall–Kier alpha value is -3.42. The minimum Gasteiger partial charge on any atom is -0.571 e. The van der Waals surface area contributed by atoms with Gasteiger partial charge in [0.2, 0.25) is 12.6 Å². The normalized spacial score (nSPS) is 35.8. The summed E-state index contributed by atoms with van der Waals surface area (Å²) in [6, 6.07) is 6.17. The van der Waals surface area contributed by atoms with Crippen LogP contribution < -0.4 is 4.74 Å². The molecule has 16 heteroatoms. The standard InChI is InChI=1S/C27H32O16/c28-7-17-19(33)21(35)23(37)26(42-17)40-15-5-10(30)4-14-11(15)6-16(25(39-14)9-1-2-12(31)13(32)3-9)41-27-24(38)22(36)20(34)18(8-29)43-27/h1-6,17-38H,7-8H2/p+1/t17-,18-,19+,20+,21-,22+,23+,24+,25?,26+,27+/m0/s1. The average molecular weight is 614 g/mol. The maximum absolute atomic E-state index is 10.6. The lowest BCUT2D eigenvalue weighted by atomic mass is 9.98. The fourth-order valence-electron chi connectivity index (χ4n) is 5.01. The van der Waals surface area contributed by atoms with Crippen molar-refractivity contribution in [2.45, 2.75) is 67.5 Å². The second kappa shape index (κ2) is 12.3. The Morgan fingerprint density at radius 3 is 1.81 bits per heavy atom. The van der Waals surface area contributed by atoms with Gasteiger partial charge in [-0.15, -0.1) is 0 Å². The molecule has 2 saturated heterocycles. The van der Waals surface area contributed by atoms with Crippen LogP contribution in [-0.4, -0.2) is 136 Å². The van der Waals surface area contributed by atoms with Crippen LogP contribution in [0.1, 0.15) is 17.2 Å². The molecule has 0 saturated carbocycles. The van der Waals surface area contributed by atoms with Gasteiger partial charge < -0.3 is 79.9 Å². The highest BCUT2D eigenvalue weighted by atomic mass is 16.7. The molecule has 0 radical (unpaired) electrons. The second-order valence-electron chi connectivity index (χ2n) is 10.3. The molecule has 43 heavy (non-hydrogen) atoms. The zero-order valence-corrected chi connectivity index (χ0v) is 22.2. The number of rotatable bonds is 7. The van der Waals surface area contributed by atoms with Crippen molar-refractivity contribution < 1.29 is 79.9 Å². The van der Waals surface area contributed by atoms with E-state index in [-0.39, 0.29) is 34.1 Å². The Balaban J connectivity index is 1.54. The van der Waals surface area contributed by atoms with Gasteiger partial charge in [-0.05, 0) is 18.2 Å². The maximum Gasteiger partial charge on any atom is 0.270 e. The Morgan fingerprint density at radius 1 is 0.674 bits per heavy atom. The predicted octanol–water partition coefficient (Wildman–Crippen LogP) is -2.86. The SMILES string of the molecule is OC[C@@H]1O[C@@H](Oc2cc(O)cc3c2C=C(O[C@@H]2O[C@@H](CO)[C@@H](O)[C@@H](O)[C@H]2O)C(c2ccc(O)c(O)c2)[OH+]3)[C@H](O)[C@@H](O)[C@@H]1O. The maximum atomic E-state index is 10.6. The van der Waals surface area contributed by atoms with Crippen molar-refractivity contribution in [1.82, 2.24) is 0 Å². The molecule has 0 aliphatic carbocycles. The van der Waals surface area contributed by atoms with Gasteiger partial charge in [-0.25, -0.2) is 0 Å². The number of aliphatic hydroxyl groups is 9. The summed E-state index contributed by atoms with van der Waals surface area (Å²) in [5, 5.41) is 111. The van der Waals surface area contributed by atoms with Crippen LogP contribution in [0.5, 0.6) is 28.7 Å². The molecule has 2 fully saturated rings. The quantitative estimate of drug-likeness (QED) is 0.111. The Kier molecular flexibility index (Phi) is 8.87. The largest absolute Gasteiger partial charge is 0.571 e. The monoisotopic (exact) mass is 613 g/mol. The van der Waals surface area contributed by atoms with Gasteiger partial charge in [0.1, 0.15) is 65.9 Å². The topological polar surface area (TPSA) is 272 Å². The number of aromatic hydroxyl groups is 4. The average Bonchev–Trinajstić information content (AvgIpc) is 2.98. The molecule has 3 aliphatic rings. The fraction of sp³-hybridized carbons (Fsp3) is 0.481. The number of phenolic OH excluding ortho intramolecular Hbond substituents is 3. The van der Waals surface area contributed by atoms with Crippen molar-refractivity contribution in [2.75, 3.05) is 13.2 Å². The summed E-state index contributed by atoms with van der Waals surface area (Å²) in [6.45, 7) is -1.43. The Labute approximate surface area is 243 Å². The van der Waals surface area contributed by atoms with Crippen LogP contribution in [0.4, 0.5) is 0 Å². The van der Waals surface area contributed by atoms with Crippen molar-refractivity contribution in [3.63, 3.8) is 0 Å². The van der Waals surface area contributed by atoms with E-state index in [1.54, 1.807) is 0 Å². The van der Waals surface area contributed by atoms with E-state index in [9.17, 15) is 56.2 Å². The van der Waals surface area contributed by atoms with Gasteiger partial charge in [-0.1, -0.05) is 0 Å². The molecule has 12 N–H and O–H groups in total. The van der Waals surface area contributed by atoms with E-state index in [2.05, 4.69) is 4.74 Å².